The van der Waals surface area contributed by atoms with Gasteiger partial charge in [-0.25, -0.2) is 4.39 Å². The van der Waals surface area contributed by atoms with Crippen LogP contribution in [0.5, 0.6) is 0 Å². The fourth-order valence-corrected chi connectivity index (χ4v) is 4.34. The third-order valence-corrected chi connectivity index (χ3v) is 6.30. The molecule has 2 aliphatic heterocycles. The Morgan fingerprint density at radius 3 is 2.59 bits per heavy atom. The molecule has 29 heavy (non-hydrogen) atoms. The van der Waals surface area contributed by atoms with Crippen molar-refractivity contribution < 1.29 is 4.39 Å². The molecule has 0 saturated carbocycles. The molecule has 0 atom stereocenters. The third kappa shape index (κ3) is 4.31. The van der Waals surface area contributed by atoms with Gasteiger partial charge in [0.05, 0.1) is 10.7 Å². The van der Waals surface area contributed by atoms with Crippen molar-refractivity contribution in [1.82, 2.24) is 9.80 Å². The summed E-state index contributed by atoms with van der Waals surface area (Å²) in [5.74, 6) is -0.136. The van der Waals surface area contributed by atoms with Gasteiger partial charge in [0.2, 0.25) is 0 Å². The van der Waals surface area contributed by atoms with Crippen molar-refractivity contribution in [2.24, 2.45) is 0 Å². The minimum atomic E-state index is -0.136. The third-order valence-electron chi connectivity index (χ3n) is 5.86. The number of aryl methyl sites for hydroxylation is 2. The first-order chi connectivity index (χ1) is 14.0. The molecule has 2 aromatic carbocycles. The van der Waals surface area contributed by atoms with E-state index in [9.17, 15) is 4.39 Å². The summed E-state index contributed by atoms with van der Waals surface area (Å²) in [4.78, 5) is 4.51. The largest absolute Gasteiger partial charge is 0.347 e. The summed E-state index contributed by atoms with van der Waals surface area (Å²) in [6, 6.07) is 15.7. The number of allylic oxidation sites excluding steroid dienone is 3. The van der Waals surface area contributed by atoms with Crippen LogP contribution >= 0.6 is 11.6 Å². The highest BCUT2D eigenvalue weighted by Crippen LogP contribution is 2.36. The van der Waals surface area contributed by atoms with Gasteiger partial charge in [-0.3, -0.25) is 4.90 Å². The molecule has 150 valence electrons. The predicted octanol–water partition coefficient (Wildman–Crippen LogP) is 5.79. The molecular weight excluding hydrogens is 383 g/mol. The number of hydrogen-bond donors (Lipinski definition) is 0. The maximum absolute atomic E-state index is 14.3. The van der Waals surface area contributed by atoms with E-state index >= 15 is 0 Å². The van der Waals surface area contributed by atoms with E-state index < -0.39 is 0 Å². The van der Waals surface area contributed by atoms with Crippen molar-refractivity contribution in [2.45, 2.75) is 26.3 Å². The fraction of sp³-hybridized carbons (Fsp3) is 0.280. The Morgan fingerprint density at radius 2 is 1.83 bits per heavy atom. The van der Waals surface area contributed by atoms with Crippen molar-refractivity contribution in [3.63, 3.8) is 0 Å². The topological polar surface area (TPSA) is 6.48 Å². The summed E-state index contributed by atoms with van der Waals surface area (Å²) in [5.41, 5.74) is 6.26. The lowest BCUT2D eigenvalue weighted by Crippen LogP contribution is -2.43. The highest BCUT2D eigenvalue weighted by Gasteiger charge is 2.28. The molecule has 1 saturated heterocycles. The van der Waals surface area contributed by atoms with Gasteiger partial charge in [0.1, 0.15) is 5.82 Å². The zero-order valence-electron chi connectivity index (χ0n) is 16.8. The second-order valence-corrected chi connectivity index (χ2v) is 8.20. The summed E-state index contributed by atoms with van der Waals surface area (Å²) >= 11 is 6.74. The normalized spacial score (nSPS) is 17.4. The number of piperazine rings is 1. The van der Waals surface area contributed by atoms with Gasteiger partial charge in [-0.05, 0) is 48.1 Å². The summed E-state index contributed by atoms with van der Waals surface area (Å²) in [7, 11) is 0. The van der Waals surface area contributed by atoms with Gasteiger partial charge in [-0.1, -0.05) is 60.6 Å². The van der Waals surface area contributed by atoms with Crippen LogP contribution in [0.1, 0.15) is 23.1 Å². The molecule has 4 heteroatoms. The molecule has 4 rings (SSSR count). The van der Waals surface area contributed by atoms with Crippen LogP contribution in [0.2, 0.25) is 0 Å². The maximum atomic E-state index is 14.3. The number of halogens is 2. The lowest BCUT2D eigenvalue weighted by atomic mass is 9.95. The molecule has 0 N–H and O–H groups in total. The van der Waals surface area contributed by atoms with Gasteiger partial charge < -0.3 is 4.90 Å². The zero-order chi connectivity index (χ0) is 20.4. The van der Waals surface area contributed by atoms with Gasteiger partial charge >= 0.3 is 0 Å². The first-order valence-corrected chi connectivity index (χ1v) is 10.5. The highest BCUT2D eigenvalue weighted by molar-refractivity contribution is 6.33. The van der Waals surface area contributed by atoms with Gasteiger partial charge in [0, 0.05) is 37.9 Å². The molecule has 2 nitrogen and oxygen atoms in total. The van der Waals surface area contributed by atoms with Crippen molar-refractivity contribution >= 4 is 11.6 Å². The molecule has 0 aliphatic carbocycles. The number of fused-ring (bicyclic) bond motifs is 1. The molecular formula is C25H26ClFN2. The Morgan fingerprint density at radius 1 is 1.03 bits per heavy atom. The Hall–Kier alpha value is -2.36. The van der Waals surface area contributed by atoms with Gasteiger partial charge in [-0.15, -0.1) is 0 Å². The van der Waals surface area contributed by atoms with E-state index in [0.29, 0.717) is 13.1 Å². The Labute approximate surface area is 177 Å². The number of rotatable bonds is 5. The van der Waals surface area contributed by atoms with Crippen LogP contribution in [0.15, 0.2) is 83.2 Å². The number of hydrogen-bond acceptors (Lipinski definition) is 2. The van der Waals surface area contributed by atoms with Crippen LogP contribution < -0.4 is 0 Å². The van der Waals surface area contributed by atoms with Crippen LogP contribution in [0, 0.1) is 12.7 Å². The van der Waals surface area contributed by atoms with E-state index in [0.717, 1.165) is 53.4 Å². The standard InChI is InChI=1S/C25H26ClFN2/c1-18-7-6-10-23(27)22(18)16-28-13-14-29-15-21(19(2)25(26)24(29)17-28)12-11-20-8-4-3-5-9-20/h3-10,15H,2,11-14,16-17H2,1H3. The first-order valence-electron chi connectivity index (χ1n) is 10.1. The average Bonchev–Trinajstić information content (AvgIpc) is 2.73. The smallest absolute Gasteiger partial charge is 0.127 e. The van der Waals surface area contributed by atoms with Gasteiger partial charge in [-0.2, -0.15) is 0 Å². The first kappa shape index (κ1) is 19.9. The van der Waals surface area contributed by atoms with Crippen LogP contribution in [0.25, 0.3) is 0 Å². The van der Waals surface area contributed by atoms with E-state index in [1.54, 1.807) is 6.07 Å². The van der Waals surface area contributed by atoms with E-state index in [1.807, 2.05) is 19.1 Å². The molecule has 1 fully saturated rings. The number of nitrogens with zero attached hydrogens (tertiary/aromatic N) is 2. The van der Waals surface area contributed by atoms with Crippen LogP contribution in [-0.2, 0) is 13.0 Å². The van der Waals surface area contributed by atoms with Crippen molar-refractivity contribution in [3.05, 3.63) is 106 Å². The summed E-state index contributed by atoms with van der Waals surface area (Å²) in [6.07, 6.45) is 4.09. The van der Waals surface area contributed by atoms with Crippen molar-refractivity contribution in [2.75, 3.05) is 19.6 Å². The Bertz CT molecular complexity index is 957. The van der Waals surface area contributed by atoms with E-state index in [-0.39, 0.29) is 5.82 Å². The van der Waals surface area contributed by atoms with Crippen molar-refractivity contribution in [1.29, 1.82) is 0 Å². The molecule has 2 aromatic rings. The summed E-state index contributed by atoms with van der Waals surface area (Å²) < 4.78 is 14.3. The Kier molecular flexibility index (Phi) is 5.89. The monoisotopic (exact) mass is 408 g/mol. The fourth-order valence-electron chi connectivity index (χ4n) is 4.05. The Balaban J connectivity index is 1.46. The van der Waals surface area contributed by atoms with Gasteiger partial charge in [0.15, 0.2) is 0 Å². The maximum Gasteiger partial charge on any atom is 0.127 e. The van der Waals surface area contributed by atoms with E-state index in [2.05, 4.69) is 46.8 Å². The van der Waals surface area contributed by atoms with Crippen LogP contribution in [-0.4, -0.2) is 29.4 Å². The lowest BCUT2D eigenvalue weighted by molar-refractivity contribution is 0.197. The summed E-state index contributed by atoms with van der Waals surface area (Å²) in [5, 5.41) is 0.741. The van der Waals surface area contributed by atoms with Crippen LogP contribution in [0.4, 0.5) is 4.39 Å². The van der Waals surface area contributed by atoms with E-state index in [1.165, 1.54) is 17.2 Å². The van der Waals surface area contributed by atoms with Crippen molar-refractivity contribution in [3.8, 4) is 0 Å². The minimum absolute atomic E-state index is 0.136. The molecule has 0 bridgehead atoms. The molecule has 0 aromatic heterocycles. The quantitative estimate of drug-likeness (QED) is 0.617. The summed E-state index contributed by atoms with van der Waals surface area (Å²) in [6.45, 7) is 9.23. The van der Waals surface area contributed by atoms with Gasteiger partial charge in [0.25, 0.3) is 0 Å². The molecule has 0 amide bonds. The lowest BCUT2D eigenvalue weighted by Gasteiger charge is -2.40. The SMILES string of the molecule is C=C1C(CCc2ccccc2)=CN2CCN(Cc3c(C)cccc3F)CC2=C1Cl. The molecule has 0 radical (unpaired) electrons. The highest BCUT2D eigenvalue weighted by atomic mass is 35.5. The van der Waals surface area contributed by atoms with Crippen LogP contribution in [0.3, 0.4) is 0 Å². The number of benzene rings is 2. The molecule has 0 unspecified atom stereocenters. The van der Waals surface area contributed by atoms with E-state index in [4.69, 9.17) is 11.6 Å². The molecule has 0 spiro atoms. The molecule has 2 aliphatic rings. The minimum Gasteiger partial charge on any atom is -0.347 e. The zero-order valence-corrected chi connectivity index (χ0v) is 17.6. The predicted molar refractivity (Wildman–Crippen MR) is 118 cm³/mol. The molecule has 2 heterocycles. The second-order valence-electron chi connectivity index (χ2n) is 7.82. The second kappa shape index (κ2) is 8.56. The average molecular weight is 409 g/mol.